The second-order valence-corrected chi connectivity index (χ2v) is 4.14. The zero-order chi connectivity index (χ0) is 12.3. The van der Waals surface area contributed by atoms with E-state index in [1.165, 1.54) is 0 Å². The van der Waals surface area contributed by atoms with Crippen molar-refractivity contribution in [2.75, 3.05) is 6.61 Å². The van der Waals surface area contributed by atoms with Gasteiger partial charge >= 0.3 is 5.97 Å². The number of carbonyl (C=O) groups is 1. The molecule has 0 aliphatic heterocycles. The third-order valence-electron chi connectivity index (χ3n) is 1.08. The third kappa shape index (κ3) is 12.6. The number of sulfone groups is 1. The molecule has 0 bridgehead atoms. The quantitative estimate of drug-likeness (QED) is 0.536. The fraction of sp³-hybridized carbons (Fsp3) is 0.300. The summed E-state index contributed by atoms with van der Waals surface area (Å²) in [6, 6.07) is 0. The highest BCUT2D eigenvalue weighted by atomic mass is 32.2. The van der Waals surface area contributed by atoms with E-state index in [4.69, 9.17) is 0 Å². The number of ether oxygens (including phenoxy) is 1. The average molecular weight is 232 g/mol. The molecule has 15 heavy (non-hydrogen) atoms. The molecular formula is C10H16O4S. The molecular weight excluding hydrogens is 216 g/mol. The lowest BCUT2D eigenvalue weighted by Crippen LogP contribution is -1.99. The predicted molar refractivity (Wildman–Crippen MR) is 60.8 cm³/mol. The molecule has 0 heterocycles. The van der Waals surface area contributed by atoms with Gasteiger partial charge in [-0.3, -0.25) is 0 Å². The van der Waals surface area contributed by atoms with Gasteiger partial charge < -0.3 is 4.74 Å². The molecule has 86 valence electrons. The molecule has 0 aromatic carbocycles. The second kappa shape index (κ2) is 9.21. The van der Waals surface area contributed by atoms with Crippen molar-refractivity contribution >= 4 is 15.8 Å². The maximum Gasteiger partial charge on any atom is 0.330 e. The Labute approximate surface area is 90.9 Å². The van der Waals surface area contributed by atoms with Crippen molar-refractivity contribution in [1.29, 1.82) is 0 Å². The molecule has 0 aliphatic carbocycles. The Balaban J connectivity index is 0. The minimum Gasteiger partial charge on any atom is -0.463 e. The summed E-state index contributed by atoms with van der Waals surface area (Å²) in [7, 11) is -3.13. The molecule has 5 heteroatoms. The van der Waals surface area contributed by atoms with Crippen molar-refractivity contribution in [3.63, 3.8) is 0 Å². The van der Waals surface area contributed by atoms with Gasteiger partial charge in [-0.15, -0.1) is 0 Å². The van der Waals surface area contributed by atoms with Crippen LogP contribution in [0.25, 0.3) is 0 Å². The van der Waals surface area contributed by atoms with E-state index < -0.39 is 9.84 Å². The van der Waals surface area contributed by atoms with E-state index in [0.29, 0.717) is 6.61 Å². The standard InChI is InChI=1S/C6H10O2.C4H6O2S/c1-3-5-8-6(7)4-2;1-3-7(5,6)4-2/h4H,2-3,5H2,1H3;3-4H,1-2H2. The summed E-state index contributed by atoms with van der Waals surface area (Å²) in [5.74, 6) is -0.341. The SMILES string of the molecule is C=CC(=O)OCCC.C=CS(=O)(=O)C=C. The van der Waals surface area contributed by atoms with E-state index >= 15 is 0 Å². The second-order valence-electron chi connectivity index (χ2n) is 2.29. The molecule has 0 atom stereocenters. The molecule has 0 radical (unpaired) electrons. The van der Waals surface area contributed by atoms with Gasteiger partial charge in [0.15, 0.2) is 9.84 Å². The molecule has 0 N–H and O–H groups in total. The van der Waals surface area contributed by atoms with Crippen LogP contribution in [-0.4, -0.2) is 21.0 Å². The fourth-order valence-electron chi connectivity index (χ4n) is 0.330. The lowest BCUT2D eigenvalue weighted by molar-refractivity contribution is -0.137. The Bertz CT molecular complexity index is 300. The number of rotatable bonds is 5. The van der Waals surface area contributed by atoms with Crippen LogP contribution in [0.15, 0.2) is 36.6 Å². The van der Waals surface area contributed by atoms with Crippen LogP contribution in [0.3, 0.4) is 0 Å². The largest absolute Gasteiger partial charge is 0.463 e. The van der Waals surface area contributed by atoms with Gasteiger partial charge in [0, 0.05) is 16.9 Å². The Hall–Kier alpha value is -1.36. The van der Waals surface area contributed by atoms with Crippen LogP contribution in [-0.2, 0) is 19.4 Å². The highest BCUT2D eigenvalue weighted by Crippen LogP contribution is 1.87. The third-order valence-corrected chi connectivity index (χ3v) is 2.01. The summed E-state index contributed by atoms with van der Waals surface area (Å²) < 4.78 is 24.8. The summed E-state index contributed by atoms with van der Waals surface area (Å²) in [6.45, 7) is 11.8. The van der Waals surface area contributed by atoms with E-state index in [2.05, 4.69) is 24.5 Å². The molecule has 0 aromatic heterocycles. The summed E-state index contributed by atoms with van der Waals surface area (Å²) in [5.41, 5.74) is 0. The Morgan fingerprint density at radius 1 is 1.27 bits per heavy atom. The van der Waals surface area contributed by atoms with Crippen molar-refractivity contribution in [1.82, 2.24) is 0 Å². The minimum atomic E-state index is -3.13. The molecule has 0 saturated carbocycles. The van der Waals surface area contributed by atoms with Gasteiger partial charge in [-0.1, -0.05) is 26.7 Å². The van der Waals surface area contributed by atoms with Crippen molar-refractivity contribution in [2.45, 2.75) is 13.3 Å². The molecule has 0 aliphatic rings. The van der Waals surface area contributed by atoms with Crippen LogP contribution < -0.4 is 0 Å². The Kier molecular flexibility index (Phi) is 9.87. The van der Waals surface area contributed by atoms with Crippen LogP contribution in [0.1, 0.15) is 13.3 Å². The first kappa shape index (κ1) is 16.1. The Morgan fingerprint density at radius 3 is 1.93 bits per heavy atom. The highest BCUT2D eigenvalue weighted by molar-refractivity contribution is 7.97. The van der Waals surface area contributed by atoms with Gasteiger partial charge in [0.1, 0.15) is 0 Å². The molecule has 0 fully saturated rings. The highest BCUT2D eigenvalue weighted by Gasteiger charge is 1.90. The molecule has 0 amide bonds. The smallest absolute Gasteiger partial charge is 0.330 e. The molecule has 0 spiro atoms. The first-order chi connectivity index (χ1) is 6.93. The fourth-order valence-corrected chi connectivity index (χ4v) is 0.466. The van der Waals surface area contributed by atoms with Crippen LogP contribution in [0.4, 0.5) is 0 Å². The van der Waals surface area contributed by atoms with Gasteiger partial charge in [-0.25, -0.2) is 13.2 Å². The summed E-state index contributed by atoms with van der Waals surface area (Å²) >= 11 is 0. The van der Waals surface area contributed by atoms with Crippen molar-refractivity contribution in [3.05, 3.63) is 36.6 Å². The van der Waals surface area contributed by atoms with Crippen LogP contribution in [0.5, 0.6) is 0 Å². The van der Waals surface area contributed by atoms with Crippen molar-refractivity contribution in [3.8, 4) is 0 Å². The predicted octanol–water partition coefficient (Wildman–Crippen LogP) is 1.81. The average Bonchev–Trinajstić information content (AvgIpc) is 2.26. The van der Waals surface area contributed by atoms with Gasteiger partial charge in [0.05, 0.1) is 6.61 Å². The summed E-state index contributed by atoms with van der Waals surface area (Å²) in [6.07, 6.45) is 2.02. The first-order valence-corrected chi connectivity index (χ1v) is 5.83. The zero-order valence-corrected chi connectivity index (χ0v) is 9.63. The number of hydrogen-bond donors (Lipinski definition) is 0. The number of esters is 1. The molecule has 4 nitrogen and oxygen atoms in total. The lowest BCUT2D eigenvalue weighted by Gasteiger charge is -1.94. The molecule has 0 aromatic rings. The van der Waals surface area contributed by atoms with Crippen molar-refractivity contribution < 1.29 is 17.9 Å². The molecule has 0 saturated heterocycles. The van der Waals surface area contributed by atoms with Crippen molar-refractivity contribution in [2.24, 2.45) is 0 Å². The maximum absolute atomic E-state index is 10.2. The lowest BCUT2D eigenvalue weighted by atomic mass is 10.5. The minimum absolute atomic E-state index is 0.341. The number of hydrogen-bond acceptors (Lipinski definition) is 4. The topological polar surface area (TPSA) is 60.4 Å². The first-order valence-electron chi connectivity index (χ1n) is 4.22. The monoisotopic (exact) mass is 232 g/mol. The van der Waals surface area contributed by atoms with E-state index in [1.807, 2.05) is 6.92 Å². The molecule has 0 rings (SSSR count). The van der Waals surface area contributed by atoms with E-state index in [-0.39, 0.29) is 5.97 Å². The van der Waals surface area contributed by atoms with Crippen LogP contribution in [0, 0.1) is 0 Å². The van der Waals surface area contributed by atoms with Crippen LogP contribution in [0.2, 0.25) is 0 Å². The van der Waals surface area contributed by atoms with Gasteiger partial charge in [0.2, 0.25) is 0 Å². The van der Waals surface area contributed by atoms with E-state index in [1.54, 1.807) is 0 Å². The molecule has 0 unspecified atom stereocenters. The maximum atomic E-state index is 10.2. The van der Waals surface area contributed by atoms with E-state index in [0.717, 1.165) is 23.3 Å². The summed E-state index contributed by atoms with van der Waals surface area (Å²) in [4.78, 5) is 10.2. The normalized spacial score (nSPS) is 9.13. The van der Waals surface area contributed by atoms with Gasteiger partial charge in [0.25, 0.3) is 0 Å². The number of carbonyl (C=O) groups excluding carboxylic acids is 1. The van der Waals surface area contributed by atoms with Gasteiger partial charge in [-0.2, -0.15) is 0 Å². The Morgan fingerprint density at radius 2 is 1.73 bits per heavy atom. The van der Waals surface area contributed by atoms with Gasteiger partial charge in [-0.05, 0) is 6.42 Å². The zero-order valence-electron chi connectivity index (χ0n) is 8.81. The summed E-state index contributed by atoms with van der Waals surface area (Å²) in [5, 5.41) is 1.69. The van der Waals surface area contributed by atoms with Crippen LogP contribution >= 0.6 is 0 Å². The van der Waals surface area contributed by atoms with E-state index in [9.17, 15) is 13.2 Å².